The summed E-state index contributed by atoms with van der Waals surface area (Å²) in [5.41, 5.74) is 0.434. The molecule has 0 unspecified atom stereocenters. The van der Waals surface area contributed by atoms with Gasteiger partial charge in [0.25, 0.3) is 0 Å². The summed E-state index contributed by atoms with van der Waals surface area (Å²) >= 11 is 13.3. The zero-order valence-electron chi connectivity index (χ0n) is 9.32. The fraction of sp³-hybridized carbons (Fsp3) is 0. The predicted molar refractivity (Wildman–Crippen MR) is 77.1 cm³/mol. The van der Waals surface area contributed by atoms with Crippen LogP contribution in [0.25, 0.3) is 10.2 Å². The molecular formula is C12H6Cl2FN3S. The van der Waals surface area contributed by atoms with Crippen LogP contribution < -0.4 is 5.32 Å². The van der Waals surface area contributed by atoms with Crippen molar-refractivity contribution >= 4 is 56.3 Å². The number of aromatic nitrogens is 2. The molecule has 19 heavy (non-hydrogen) atoms. The number of rotatable bonds is 2. The number of halogens is 3. The van der Waals surface area contributed by atoms with Gasteiger partial charge in [0.05, 0.1) is 16.1 Å². The molecule has 0 aliphatic carbocycles. The average Bonchev–Trinajstić information content (AvgIpc) is 2.82. The monoisotopic (exact) mass is 313 g/mol. The molecule has 0 atom stereocenters. The van der Waals surface area contributed by atoms with Gasteiger partial charge in [0.2, 0.25) is 5.28 Å². The Kier molecular flexibility index (Phi) is 3.26. The average molecular weight is 314 g/mol. The van der Waals surface area contributed by atoms with E-state index in [1.54, 1.807) is 0 Å². The molecule has 96 valence electrons. The van der Waals surface area contributed by atoms with Crippen molar-refractivity contribution in [1.29, 1.82) is 0 Å². The quantitative estimate of drug-likeness (QED) is 0.685. The Bertz CT molecular complexity index is 760. The summed E-state index contributed by atoms with van der Waals surface area (Å²) < 4.78 is 13.2. The van der Waals surface area contributed by atoms with E-state index in [2.05, 4.69) is 15.3 Å². The highest BCUT2D eigenvalue weighted by molar-refractivity contribution is 7.16. The fourth-order valence-electron chi connectivity index (χ4n) is 1.65. The molecule has 0 radical (unpaired) electrons. The number of nitrogens with one attached hydrogen (secondary N) is 1. The Hall–Kier alpha value is -1.43. The Morgan fingerprint density at radius 3 is 2.84 bits per heavy atom. The summed E-state index contributed by atoms with van der Waals surface area (Å²) in [4.78, 5) is 8.97. The smallest absolute Gasteiger partial charge is 0.225 e. The van der Waals surface area contributed by atoms with E-state index in [0.29, 0.717) is 16.5 Å². The molecule has 0 saturated carbocycles. The van der Waals surface area contributed by atoms with Crippen LogP contribution in [0.5, 0.6) is 0 Å². The molecule has 7 heteroatoms. The number of thiophene rings is 1. The van der Waals surface area contributed by atoms with Crippen LogP contribution in [0.1, 0.15) is 0 Å². The van der Waals surface area contributed by atoms with E-state index in [0.717, 1.165) is 10.2 Å². The zero-order valence-corrected chi connectivity index (χ0v) is 11.7. The molecule has 0 amide bonds. The Morgan fingerprint density at radius 2 is 2.00 bits per heavy atom. The second-order valence-electron chi connectivity index (χ2n) is 3.73. The number of nitrogens with zero attached hydrogens (tertiary/aromatic N) is 2. The maximum atomic E-state index is 13.2. The zero-order chi connectivity index (χ0) is 13.4. The van der Waals surface area contributed by atoms with Gasteiger partial charge in [0.1, 0.15) is 16.5 Å². The third-order valence-corrected chi connectivity index (χ3v) is 3.78. The molecule has 3 nitrogen and oxygen atoms in total. The molecule has 3 rings (SSSR count). The normalized spacial score (nSPS) is 10.9. The molecule has 2 heterocycles. The maximum Gasteiger partial charge on any atom is 0.225 e. The third-order valence-electron chi connectivity index (χ3n) is 2.48. The summed E-state index contributed by atoms with van der Waals surface area (Å²) in [5, 5.41) is 6.21. The Labute approximate surface area is 122 Å². The van der Waals surface area contributed by atoms with Crippen LogP contribution in [0, 0.1) is 5.82 Å². The van der Waals surface area contributed by atoms with Crippen molar-refractivity contribution in [3.63, 3.8) is 0 Å². The highest BCUT2D eigenvalue weighted by atomic mass is 35.5. The van der Waals surface area contributed by atoms with Gasteiger partial charge in [-0.25, -0.2) is 9.37 Å². The predicted octanol–water partition coefficient (Wildman–Crippen LogP) is 4.88. The third kappa shape index (κ3) is 2.49. The second-order valence-corrected chi connectivity index (χ2v) is 5.37. The van der Waals surface area contributed by atoms with E-state index in [-0.39, 0.29) is 11.1 Å². The lowest BCUT2D eigenvalue weighted by molar-refractivity contribution is 0.628. The summed E-state index contributed by atoms with van der Waals surface area (Å²) in [5.74, 6) is 0.123. The van der Waals surface area contributed by atoms with Crippen LogP contribution in [-0.4, -0.2) is 9.97 Å². The summed E-state index contributed by atoms with van der Waals surface area (Å²) in [6, 6.07) is 5.94. The molecule has 0 spiro atoms. The van der Waals surface area contributed by atoms with Crippen LogP contribution >= 0.6 is 34.5 Å². The van der Waals surface area contributed by atoms with Gasteiger partial charge in [0, 0.05) is 0 Å². The molecule has 0 bridgehead atoms. The molecule has 0 aliphatic heterocycles. The largest absolute Gasteiger partial charge is 0.338 e. The van der Waals surface area contributed by atoms with Gasteiger partial charge in [-0.15, -0.1) is 11.3 Å². The van der Waals surface area contributed by atoms with Gasteiger partial charge >= 0.3 is 0 Å². The van der Waals surface area contributed by atoms with Crippen molar-refractivity contribution < 1.29 is 4.39 Å². The molecular weight excluding hydrogens is 308 g/mol. The number of hydrogen-bond acceptors (Lipinski definition) is 4. The van der Waals surface area contributed by atoms with E-state index in [1.165, 1.54) is 29.5 Å². The molecule has 2 aromatic heterocycles. The lowest BCUT2D eigenvalue weighted by Gasteiger charge is -2.08. The number of benzene rings is 1. The van der Waals surface area contributed by atoms with Crippen molar-refractivity contribution in [1.82, 2.24) is 9.97 Å². The van der Waals surface area contributed by atoms with Crippen LogP contribution in [-0.2, 0) is 0 Å². The molecule has 1 aromatic carbocycles. The Balaban J connectivity index is 2.10. The lowest BCUT2D eigenvalue weighted by atomic mass is 10.3. The summed E-state index contributed by atoms with van der Waals surface area (Å²) in [6.45, 7) is 0. The lowest BCUT2D eigenvalue weighted by Crippen LogP contribution is -1.97. The first-order valence-electron chi connectivity index (χ1n) is 5.26. The van der Waals surface area contributed by atoms with Crippen molar-refractivity contribution in [2.45, 2.75) is 0 Å². The molecule has 0 aliphatic rings. The van der Waals surface area contributed by atoms with Gasteiger partial charge < -0.3 is 5.32 Å². The van der Waals surface area contributed by atoms with Crippen molar-refractivity contribution in [3.8, 4) is 0 Å². The van der Waals surface area contributed by atoms with E-state index < -0.39 is 0 Å². The van der Waals surface area contributed by atoms with Crippen molar-refractivity contribution in [2.75, 3.05) is 5.32 Å². The van der Waals surface area contributed by atoms with Crippen LogP contribution in [0.3, 0.4) is 0 Å². The van der Waals surface area contributed by atoms with E-state index >= 15 is 0 Å². The highest BCUT2D eigenvalue weighted by Gasteiger charge is 2.10. The molecule has 0 saturated heterocycles. The summed E-state index contributed by atoms with van der Waals surface area (Å²) in [7, 11) is 0. The number of anilines is 2. The van der Waals surface area contributed by atoms with Gasteiger partial charge in [-0.05, 0) is 41.2 Å². The maximum absolute atomic E-state index is 13.2. The first-order valence-corrected chi connectivity index (χ1v) is 6.90. The second kappa shape index (κ2) is 4.92. The summed E-state index contributed by atoms with van der Waals surface area (Å²) in [6.07, 6.45) is 0. The number of hydrogen-bond donors (Lipinski definition) is 1. The van der Waals surface area contributed by atoms with Crippen LogP contribution in [0.15, 0.2) is 29.6 Å². The first kappa shape index (κ1) is 12.6. The van der Waals surface area contributed by atoms with Gasteiger partial charge in [-0.2, -0.15) is 4.98 Å². The van der Waals surface area contributed by atoms with Crippen LogP contribution in [0.4, 0.5) is 15.9 Å². The minimum atomic E-state index is -0.381. The first-order chi connectivity index (χ1) is 9.13. The SMILES string of the molecule is Fc1ccc(Cl)c(Nc2nc(Cl)nc3sccc23)c1. The molecule has 0 fully saturated rings. The van der Waals surface area contributed by atoms with Gasteiger partial charge in [0.15, 0.2) is 0 Å². The fourth-order valence-corrected chi connectivity index (χ4v) is 2.79. The van der Waals surface area contributed by atoms with Crippen LogP contribution in [0.2, 0.25) is 10.3 Å². The van der Waals surface area contributed by atoms with Crippen molar-refractivity contribution in [3.05, 3.63) is 45.8 Å². The van der Waals surface area contributed by atoms with Crippen molar-refractivity contribution in [2.24, 2.45) is 0 Å². The highest BCUT2D eigenvalue weighted by Crippen LogP contribution is 2.31. The number of fused-ring (bicyclic) bond motifs is 1. The standard InChI is InChI=1S/C12H6Cl2FN3S/c13-8-2-1-6(15)5-9(8)16-10-7-3-4-19-11(7)18-12(14)17-10/h1-5H,(H,16,17,18). The van der Waals surface area contributed by atoms with Gasteiger partial charge in [-0.1, -0.05) is 11.6 Å². The van der Waals surface area contributed by atoms with Gasteiger partial charge in [-0.3, -0.25) is 0 Å². The molecule has 1 N–H and O–H groups in total. The van der Waals surface area contributed by atoms with E-state index in [9.17, 15) is 4.39 Å². The topological polar surface area (TPSA) is 37.8 Å². The Morgan fingerprint density at radius 1 is 1.16 bits per heavy atom. The van der Waals surface area contributed by atoms with E-state index in [4.69, 9.17) is 23.2 Å². The minimum Gasteiger partial charge on any atom is -0.338 e. The van der Waals surface area contributed by atoms with E-state index in [1.807, 2.05) is 11.4 Å². The minimum absolute atomic E-state index is 0.130. The molecule has 3 aromatic rings.